The number of ketones is 1. The summed E-state index contributed by atoms with van der Waals surface area (Å²) in [5.74, 6) is -0.515. The van der Waals surface area contributed by atoms with E-state index in [2.05, 4.69) is 4.74 Å². The number of rotatable bonds is 5. The fourth-order valence-corrected chi connectivity index (χ4v) is 0.791. The smallest absolute Gasteiger partial charge is 0.321 e. The van der Waals surface area contributed by atoms with Gasteiger partial charge in [0.1, 0.15) is 12.5 Å². The number of carbonyl (C=O) groups is 2. The fraction of sp³-hybridized carbons (Fsp3) is 0.750. The Balaban J connectivity index is 3.51. The van der Waals surface area contributed by atoms with E-state index in [9.17, 15) is 9.59 Å². The van der Waals surface area contributed by atoms with Crippen molar-refractivity contribution in [2.45, 2.75) is 20.3 Å². The van der Waals surface area contributed by atoms with Gasteiger partial charge in [-0.25, -0.2) is 0 Å². The first-order chi connectivity index (χ1) is 5.56. The van der Waals surface area contributed by atoms with Crippen LogP contribution in [0.2, 0.25) is 0 Å². The lowest BCUT2D eigenvalue weighted by atomic mass is 10.1. The second-order valence-electron chi connectivity index (χ2n) is 2.93. The lowest BCUT2D eigenvalue weighted by Gasteiger charge is -2.03. The maximum atomic E-state index is 11.0. The minimum atomic E-state index is -0.547. The number of hydrogen-bond acceptors (Lipinski definition) is 3. The van der Waals surface area contributed by atoms with Gasteiger partial charge >= 0.3 is 5.97 Å². The predicted octanol–water partition coefficient (Wildman–Crippen LogP) is 1.38. The molecule has 0 rings (SSSR count). The number of hydrogen-bond donors (Lipinski definition) is 0. The van der Waals surface area contributed by atoms with Crippen LogP contribution in [0.5, 0.6) is 0 Å². The molecule has 0 amide bonds. The van der Waals surface area contributed by atoms with Crippen molar-refractivity contribution in [3.05, 3.63) is 0 Å². The van der Waals surface area contributed by atoms with Crippen LogP contribution >= 0.6 is 11.6 Å². The lowest BCUT2D eigenvalue weighted by Crippen LogP contribution is -2.15. The first kappa shape index (κ1) is 11.4. The van der Waals surface area contributed by atoms with Crippen molar-refractivity contribution in [1.82, 2.24) is 0 Å². The number of halogens is 1. The average Bonchev–Trinajstić information content (AvgIpc) is 1.99. The minimum absolute atomic E-state index is 0.0662. The first-order valence-electron chi connectivity index (χ1n) is 3.79. The minimum Gasteiger partial charge on any atom is -0.457 e. The second-order valence-corrected chi connectivity index (χ2v) is 3.20. The first-order valence-corrected chi connectivity index (χ1v) is 4.33. The summed E-state index contributed by atoms with van der Waals surface area (Å²) in [4.78, 5) is 21.4. The highest BCUT2D eigenvalue weighted by Gasteiger charge is 2.07. The van der Waals surface area contributed by atoms with Crippen LogP contribution in [0, 0.1) is 5.92 Å². The van der Waals surface area contributed by atoms with Crippen molar-refractivity contribution in [2.24, 2.45) is 5.92 Å². The number of alkyl halides is 1. The van der Waals surface area contributed by atoms with E-state index in [0.717, 1.165) is 0 Å². The van der Waals surface area contributed by atoms with Gasteiger partial charge in [0.2, 0.25) is 0 Å². The Morgan fingerprint density at radius 1 is 1.42 bits per heavy atom. The molecule has 0 spiro atoms. The van der Waals surface area contributed by atoms with Gasteiger partial charge in [-0.2, -0.15) is 0 Å². The molecule has 12 heavy (non-hydrogen) atoms. The highest BCUT2D eigenvalue weighted by Crippen LogP contribution is 2.00. The van der Waals surface area contributed by atoms with Gasteiger partial charge in [0.15, 0.2) is 5.78 Å². The van der Waals surface area contributed by atoms with E-state index in [1.165, 1.54) is 0 Å². The maximum absolute atomic E-state index is 11.0. The Hall–Kier alpha value is -0.570. The number of ether oxygens (including phenoxy) is 1. The van der Waals surface area contributed by atoms with Crippen LogP contribution in [0.25, 0.3) is 0 Å². The molecule has 0 aliphatic carbocycles. The zero-order valence-corrected chi connectivity index (χ0v) is 8.06. The number of Topliss-reactive ketones (excluding diaryl/α,β-unsaturated/α-hetero) is 1. The van der Waals surface area contributed by atoms with Crippen molar-refractivity contribution >= 4 is 23.4 Å². The highest BCUT2D eigenvalue weighted by atomic mass is 35.5. The standard InChI is InChI=1S/C8H13ClO3/c1-6(2)3-7(10)5-12-8(11)4-9/h6H,3-5H2,1-2H3. The zero-order valence-electron chi connectivity index (χ0n) is 7.30. The number of esters is 1. The molecule has 0 N–H and O–H groups in total. The quantitative estimate of drug-likeness (QED) is 0.488. The van der Waals surface area contributed by atoms with Crippen molar-refractivity contribution in [2.75, 3.05) is 12.5 Å². The van der Waals surface area contributed by atoms with E-state index in [1.807, 2.05) is 13.8 Å². The Bertz CT molecular complexity index is 166. The van der Waals surface area contributed by atoms with Crippen molar-refractivity contribution < 1.29 is 14.3 Å². The van der Waals surface area contributed by atoms with E-state index in [1.54, 1.807) is 0 Å². The van der Waals surface area contributed by atoms with Crippen LogP contribution in [0.4, 0.5) is 0 Å². The van der Waals surface area contributed by atoms with E-state index < -0.39 is 5.97 Å². The third kappa shape index (κ3) is 6.16. The molecule has 0 aromatic rings. The monoisotopic (exact) mass is 192 g/mol. The van der Waals surface area contributed by atoms with Gasteiger partial charge in [0.25, 0.3) is 0 Å². The topological polar surface area (TPSA) is 43.4 Å². The summed E-state index contributed by atoms with van der Waals surface area (Å²) in [6.07, 6.45) is 0.440. The SMILES string of the molecule is CC(C)CC(=O)COC(=O)CCl. The normalized spacial score (nSPS) is 10.0. The predicted molar refractivity (Wildman–Crippen MR) is 46.1 cm³/mol. The Morgan fingerprint density at radius 3 is 2.42 bits per heavy atom. The summed E-state index contributed by atoms with van der Waals surface area (Å²) in [7, 11) is 0. The molecule has 0 radical (unpaired) electrons. The van der Waals surface area contributed by atoms with Crippen molar-refractivity contribution in [3.8, 4) is 0 Å². The summed E-state index contributed by atoms with van der Waals surface area (Å²) in [6, 6.07) is 0. The lowest BCUT2D eigenvalue weighted by molar-refractivity contribution is -0.145. The number of carbonyl (C=O) groups excluding carboxylic acids is 2. The Labute approximate surface area is 77.0 Å². The van der Waals surface area contributed by atoms with Crippen LogP contribution in [-0.2, 0) is 14.3 Å². The van der Waals surface area contributed by atoms with E-state index in [0.29, 0.717) is 12.3 Å². The maximum Gasteiger partial charge on any atom is 0.321 e. The molecule has 0 saturated heterocycles. The summed E-state index contributed by atoms with van der Waals surface area (Å²) < 4.78 is 4.53. The van der Waals surface area contributed by atoms with Gasteiger partial charge in [-0.1, -0.05) is 13.8 Å². The molecule has 0 aromatic heterocycles. The van der Waals surface area contributed by atoms with Gasteiger partial charge in [0.05, 0.1) is 0 Å². The molecule has 0 fully saturated rings. The fourth-order valence-electron chi connectivity index (χ4n) is 0.714. The van der Waals surface area contributed by atoms with Crippen molar-refractivity contribution in [1.29, 1.82) is 0 Å². The molecule has 0 aliphatic rings. The summed E-state index contributed by atoms with van der Waals surface area (Å²) in [5.41, 5.74) is 0. The second kappa shape index (κ2) is 6.00. The molecule has 4 heteroatoms. The van der Waals surface area contributed by atoms with Crippen LogP contribution in [0.15, 0.2) is 0 Å². The van der Waals surface area contributed by atoms with Gasteiger partial charge in [-0.3, -0.25) is 9.59 Å². The molecule has 3 nitrogen and oxygen atoms in total. The van der Waals surface area contributed by atoms with Crippen LogP contribution in [0.1, 0.15) is 20.3 Å². The summed E-state index contributed by atoms with van der Waals surface area (Å²) in [5, 5.41) is 0. The summed E-state index contributed by atoms with van der Waals surface area (Å²) >= 11 is 5.16. The van der Waals surface area contributed by atoms with E-state index in [-0.39, 0.29) is 18.3 Å². The molecule has 0 saturated carbocycles. The molecule has 70 valence electrons. The largest absolute Gasteiger partial charge is 0.457 e. The van der Waals surface area contributed by atoms with Crippen LogP contribution in [0.3, 0.4) is 0 Å². The molecule has 0 unspecified atom stereocenters. The Morgan fingerprint density at radius 2 is 2.00 bits per heavy atom. The summed E-state index contributed by atoms with van der Waals surface area (Å²) in [6.45, 7) is 3.71. The molecule has 0 aliphatic heterocycles. The van der Waals surface area contributed by atoms with E-state index >= 15 is 0 Å². The molecular weight excluding hydrogens is 180 g/mol. The Kier molecular flexibility index (Phi) is 5.72. The molecule has 0 aromatic carbocycles. The van der Waals surface area contributed by atoms with Gasteiger partial charge in [-0.05, 0) is 5.92 Å². The van der Waals surface area contributed by atoms with Crippen LogP contribution in [-0.4, -0.2) is 24.2 Å². The molecular formula is C8H13ClO3. The molecule has 0 heterocycles. The molecule has 0 bridgehead atoms. The van der Waals surface area contributed by atoms with Crippen LogP contribution < -0.4 is 0 Å². The van der Waals surface area contributed by atoms with E-state index in [4.69, 9.17) is 11.6 Å². The van der Waals surface area contributed by atoms with Gasteiger partial charge in [-0.15, -0.1) is 11.6 Å². The van der Waals surface area contributed by atoms with Gasteiger partial charge < -0.3 is 4.74 Å². The highest BCUT2D eigenvalue weighted by molar-refractivity contribution is 6.26. The third-order valence-corrected chi connectivity index (χ3v) is 1.36. The molecule has 0 atom stereocenters. The van der Waals surface area contributed by atoms with Crippen molar-refractivity contribution in [3.63, 3.8) is 0 Å². The third-order valence-electron chi connectivity index (χ3n) is 1.14. The van der Waals surface area contributed by atoms with Gasteiger partial charge in [0, 0.05) is 6.42 Å². The average molecular weight is 193 g/mol. The zero-order chi connectivity index (χ0) is 9.56.